The molecule has 4 aliphatic rings. The molecule has 4 nitrogen and oxygen atoms in total. The molecule has 4 heteroatoms. The zero-order valence-electron chi connectivity index (χ0n) is 12.9. The van der Waals surface area contributed by atoms with Crippen molar-refractivity contribution in [2.24, 2.45) is 17.3 Å². The highest BCUT2D eigenvalue weighted by atomic mass is 16.6. The van der Waals surface area contributed by atoms with E-state index in [1.54, 1.807) is 0 Å². The second kappa shape index (κ2) is 4.36. The van der Waals surface area contributed by atoms with Crippen LogP contribution in [0.4, 0.5) is 4.79 Å². The molecule has 114 valence electrons. The average molecular weight is 281 g/mol. The molecule has 4 saturated carbocycles. The monoisotopic (exact) mass is 281 g/mol. The lowest BCUT2D eigenvalue weighted by molar-refractivity contribution is -0.103. The van der Waals surface area contributed by atoms with E-state index in [1.807, 2.05) is 20.8 Å². The number of alkyl carbamates (subject to hydrolysis) is 1. The molecular formula is C16H27NO3. The fraction of sp³-hybridized carbons (Fsp3) is 0.938. The number of ether oxygens (including phenoxy) is 1. The van der Waals surface area contributed by atoms with Crippen molar-refractivity contribution in [3.63, 3.8) is 0 Å². The van der Waals surface area contributed by atoms with E-state index < -0.39 is 5.60 Å². The largest absolute Gasteiger partial charge is 0.444 e. The number of amides is 1. The Labute approximate surface area is 121 Å². The molecule has 0 heterocycles. The van der Waals surface area contributed by atoms with Crippen LogP contribution in [0, 0.1) is 17.3 Å². The van der Waals surface area contributed by atoms with Gasteiger partial charge in [0.05, 0.1) is 0 Å². The van der Waals surface area contributed by atoms with Crippen LogP contribution in [0.1, 0.15) is 59.3 Å². The van der Waals surface area contributed by atoms with Gasteiger partial charge >= 0.3 is 6.09 Å². The molecule has 2 N–H and O–H groups in total. The van der Waals surface area contributed by atoms with Crippen molar-refractivity contribution in [3.8, 4) is 0 Å². The van der Waals surface area contributed by atoms with Gasteiger partial charge in [-0.15, -0.1) is 0 Å². The lowest BCUT2D eigenvalue weighted by Crippen LogP contribution is -2.64. The van der Waals surface area contributed by atoms with Gasteiger partial charge in [0.2, 0.25) is 0 Å². The van der Waals surface area contributed by atoms with Gasteiger partial charge in [0.1, 0.15) is 5.60 Å². The topological polar surface area (TPSA) is 58.6 Å². The molecule has 0 spiro atoms. The van der Waals surface area contributed by atoms with Crippen LogP contribution in [0.2, 0.25) is 0 Å². The summed E-state index contributed by atoms with van der Waals surface area (Å²) in [6.45, 7) is 5.93. The number of carbonyl (C=O) groups excluding carboxylic acids is 1. The van der Waals surface area contributed by atoms with Gasteiger partial charge in [-0.1, -0.05) is 0 Å². The van der Waals surface area contributed by atoms with E-state index >= 15 is 0 Å². The van der Waals surface area contributed by atoms with Crippen LogP contribution in [-0.2, 0) is 4.74 Å². The number of hydrogen-bond acceptors (Lipinski definition) is 3. The van der Waals surface area contributed by atoms with Gasteiger partial charge in [0.15, 0.2) is 0 Å². The normalized spacial score (nSPS) is 42.6. The van der Waals surface area contributed by atoms with Crippen LogP contribution in [-0.4, -0.2) is 28.9 Å². The fourth-order valence-corrected chi connectivity index (χ4v) is 5.30. The number of hydrogen-bond donors (Lipinski definition) is 2. The highest BCUT2D eigenvalue weighted by Gasteiger charge is 2.58. The lowest BCUT2D eigenvalue weighted by Gasteiger charge is -2.61. The first-order valence-corrected chi connectivity index (χ1v) is 7.85. The summed E-state index contributed by atoms with van der Waals surface area (Å²) in [6, 6.07) is 0. The summed E-state index contributed by atoms with van der Waals surface area (Å²) in [7, 11) is 0. The summed E-state index contributed by atoms with van der Waals surface area (Å²) in [5, 5.41) is 13.0. The number of aliphatic hydroxyl groups is 1. The van der Waals surface area contributed by atoms with Crippen molar-refractivity contribution < 1.29 is 14.6 Å². The molecule has 0 saturated heterocycles. The Morgan fingerprint density at radius 1 is 1.25 bits per heavy atom. The maximum Gasteiger partial charge on any atom is 0.408 e. The smallest absolute Gasteiger partial charge is 0.408 e. The summed E-state index contributed by atoms with van der Waals surface area (Å²) in [6.07, 6.45) is 6.29. The molecule has 0 aromatic heterocycles. The minimum Gasteiger partial charge on any atom is -0.444 e. The number of aliphatic hydroxyl groups excluding tert-OH is 1. The second-order valence-corrected chi connectivity index (χ2v) is 8.53. The Morgan fingerprint density at radius 3 is 2.35 bits per heavy atom. The molecule has 1 amide bonds. The number of nitrogens with one attached hydrogen (secondary N) is 1. The minimum absolute atomic E-state index is 0.0547. The molecule has 0 aromatic carbocycles. The van der Waals surface area contributed by atoms with E-state index in [1.165, 1.54) is 6.42 Å². The van der Waals surface area contributed by atoms with Crippen LogP contribution < -0.4 is 5.32 Å². The van der Waals surface area contributed by atoms with Crippen LogP contribution in [0.5, 0.6) is 0 Å². The maximum absolute atomic E-state index is 12.1. The lowest BCUT2D eigenvalue weighted by atomic mass is 9.47. The molecule has 4 rings (SSSR count). The summed E-state index contributed by atoms with van der Waals surface area (Å²) in [5.41, 5.74) is -0.532. The third-order valence-electron chi connectivity index (χ3n) is 5.28. The highest BCUT2D eigenvalue weighted by Crippen LogP contribution is 2.61. The molecule has 4 bridgehead atoms. The van der Waals surface area contributed by atoms with Crippen molar-refractivity contribution in [1.82, 2.24) is 5.32 Å². The molecular weight excluding hydrogens is 254 g/mol. The molecule has 0 radical (unpaired) electrons. The first-order chi connectivity index (χ1) is 9.23. The number of carbonyl (C=O) groups is 1. The minimum atomic E-state index is -0.457. The van der Waals surface area contributed by atoms with Gasteiger partial charge in [-0.05, 0) is 76.5 Å². The third kappa shape index (κ3) is 2.54. The molecule has 2 unspecified atom stereocenters. The predicted molar refractivity (Wildman–Crippen MR) is 76.3 cm³/mol. The first-order valence-electron chi connectivity index (χ1n) is 7.85. The molecule has 0 aliphatic heterocycles. The quantitative estimate of drug-likeness (QED) is 0.818. The van der Waals surface area contributed by atoms with Crippen molar-refractivity contribution in [2.45, 2.75) is 70.4 Å². The van der Waals surface area contributed by atoms with E-state index in [0.29, 0.717) is 11.8 Å². The number of rotatable bonds is 2. The van der Waals surface area contributed by atoms with Gasteiger partial charge in [0.25, 0.3) is 0 Å². The van der Waals surface area contributed by atoms with E-state index in [2.05, 4.69) is 5.32 Å². The van der Waals surface area contributed by atoms with Crippen LogP contribution in [0.25, 0.3) is 0 Å². The Bertz CT molecular complexity index is 398. The first kappa shape index (κ1) is 14.2. The third-order valence-corrected chi connectivity index (χ3v) is 5.28. The van der Waals surface area contributed by atoms with Gasteiger partial charge in [-0.3, -0.25) is 0 Å². The summed E-state index contributed by atoms with van der Waals surface area (Å²) in [4.78, 5) is 12.1. The van der Waals surface area contributed by atoms with E-state index in [9.17, 15) is 9.90 Å². The SMILES string of the molecule is CC(C)(C)OC(=O)NC12CC3CC(CC(CO)(C3)C1)C2. The summed E-state index contributed by atoms with van der Waals surface area (Å²) < 4.78 is 5.43. The average Bonchev–Trinajstić information content (AvgIpc) is 2.23. The summed E-state index contributed by atoms with van der Waals surface area (Å²) in [5.74, 6) is 1.33. The zero-order valence-corrected chi connectivity index (χ0v) is 12.9. The van der Waals surface area contributed by atoms with Crippen molar-refractivity contribution >= 4 is 6.09 Å². The maximum atomic E-state index is 12.1. The van der Waals surface area contributed by atoms with Crippen LogP contribution >= 0.6 is 0 Å². The van der Waals surface area contributed by atoms with Gasteiger partial charge in [-0.2, -0.15) is 0 Å². The predicted octanol–water partition coefficient (Wildman–Crippen LogP) is 2.84. The molecule has 4 aliphatic carbocycles. The Morgan fingerprint density at radius 2 is 1.85 bits per heavy atom. The molecule has 0 aromatic rings. The second-order valence-electron chi connectivity index (χ2n) is 8.53. The Balaban J connectivity index is 1.74. The standard InChI is InChI=1S/C16H27NO3/c1-14(2,3)20-13(19)17-16-7-11-4-12(8-16)6-15(5-11,9-16)10-18/h11-12,18H,4-10H2,1-3H3,(H,17,19). The van der Waals surface area contributed by atoms with E-state index in [4.69, 9.17) is 4.74 Å². The van der Waals surface area contributed by atoms with E-state index in [0.717, 1.165) is 32.1 Å². The fourth-order valence-electron chi connectivity index (χ4n) is 5.30. The Hall–Kier alpha value is -0.770. The van der Waals surface area contributed by atoms with Gasteiger partial charge < -0.3 is 15.2 Å². The van der Waals surface area contributed by atoms with Gasteiger partial charge in [0, 0.05) is 12.1 Å². The van der Waals surface area contributed by atoms with Crippen molar-refractivity contribution in [2.75, 3.05) is 6.61 Å². The van der Waals surface area contributed by atoms with Crippen LogP contribution in [0.3, 0.4) is 0 Å². The van der Waals surface area contributed by atoms with E-state index in [-0.39, 0.29) is 23.7 Å². The zero-order chi connectivity index (χ0) is 14.6. The Kier molecular flexibility index (Phi) is 3.09. The molecule has 4 fully saturated rings. The van der Waals surface area contributed by atoms with Crippen molar-refractivity contribution in [3.05, 3.63) is 0 Å². The van der Waals surface area contributed by atoms with Crippen LogP contribution in [0.15, 0.2) is 0 Å². The van der Waals surface area contributed by atoms with Crippen molar-refractivity contribution in [1.29, 1.82) is 0 Å². The van der Waals surface area contributed by atoms with Gasteiger partial charge in [-0.25, -0.2) is 4.79 Å². The highest BCUT2D eigenvalue weighted by molar-refractivity contribution is 5.69. The molecule has 20 heavy (non-hydrogen) atoms. The summed E-state index contributed by atoms with van der Waals surface area (Å²) >= 11 is 0. The molecule has 2 atom stereocenters.